The molecule has 1 saturated heterocycles. The highest BCUT2D eigenvalue weighted by atomic mass is 35.5. The van der Waals surface area contributed by atoms with Crippen molar-refractivity contribution < 1.29 is 0 Å². The van der Waals surface area contributed by atoms with Gasteiger partial charge in [0.25, 0.3) is 0 Å². The Kier molecular flexibility index (Phi) is 3.14. The van der Waals surface area contributed by atoms with E-state index in [0.717, 1.165) is 30.9 Å². The number of hydrogen-bond donors (Lipinski definition) is 2. The second kappa shape index (κ2) is 4.78. The molecule has 3 rings (SSSR count). The number of hydrogen-bond acceptors (Lipinski definition) is 3. The van der Waals surface area contributed by atoms with Gasteiger partial charge in [0.15, 0.2) is 5.15 Å². The molecule has 96 valence electrons. The molecule has 2 aromatic heterocycles. The highest BCUT2D eigenvalue weighted by Crippen LogP contribution is 2.26. The van der Waals surface area contributed by atoms with Gasteiger partial charge in [0.2, 0.25) is 0 Å². The van der Waals surface area contributed by atoms with E-state index in [1.807, 2.05) is 22.7 Å². The maximum absolute atomic E-state index is 6.17. The summed E-state index contributed by atoms with van der Waals surface area (Å²) in [5.41, 5.74) is 7.46. The number of nitrogen functional groups attached to an aromatic ring is 1. The normalized spacial score (nSPS) is 20.4. The van der Waals surface area contributed by atoms with Gasteiger partial charge in [-0.2, -0.15) is 0 Å². The predicted molar refractivity (Wildman–Crippen MR) is 73.9 cm³/mol. The van der Waals surface area contributed by atoms with Gasteiger partial charge in [-0.15, -0.1) is 0 Å². The summed E-state index contributed by atoms with van der Waals surface area (Å²) in [6.07, 6.45) is 5.42. The van der Waals surface area contributed by atoms with Crippen molar-refractivity contribution in [1.29, 1.82) is 0 Å². The van der Waals surface area contributed by atoms with Crippen LogP contribution in [-0.2, 0) is 6.42 Å². The predicted octanol–water partition coefficient (Wildman–Crippen LogP) is 2.11. The quantitative estimate of drug-likeness (QED) is 0.874. The molecule has 1 atom stereocenters. The first-order valence-electron chi connectivity index (χ1n) is 6.37. The van der Waals surface area contributed by atoms with Gasteiger partial charge in [0.05, 0.1) is 5.69 Å². The van der Waals surface area contributed by atoms with Crippen molar-refractivity contribution in [1.82, 2.24) is 14.7 Å². The van der Waals surface area contributed by atoms with Crippen LogP contribution in [0.25, 0.3) is 5.52 Å². The van der Waals surface area contributed by atoms with Gasteiger partial charge in [-0.05, 0) is 44.0 Å². The first-order valence-corrected chi connectivity index (χ1v) is 6.75. The van der Waals surface area contributed by atoms with E-state index < -0.39 is 0 Å². The minimum absolute atomic E-state index is 0.506. The van der Waals surface area contributed by atoms with E-state index in [1.165, 1.54) is 12.8 Å². The molecular formula is C13H17ClN4. The number of imidazole rings is 1. The van der Waals surface area contributed by atoms with E-state index in [4.69, 9.17) is 17.3 Å². The Morgan fingerprint density at radius 2 is 2.44 bits per heavy atom. The van der Waals surface area contributed by atoms with Crippen molar-refractivity contribution in [3.05, 3.63) is 29.3 Å². The monoisotopic (exact) mass is 264 g/mol. The molecule has 0 spiro atoms. The number of halogens is 1. The molecule has 1 unspecified atom stereocenters. The van der Waals surface area contributed by atoms with Gasteiger partial charge in [-0.1, -0.05) is 11.6 Å². The second-order valence-electron chi connectivity index (χ2n) is 4.92. The standard InChI is InChI=1S/C13H17ClN4/c14-13-12-10(15)4-2-6-18(12)11(17-13)7-9-3-1-5-16-8-9/h2,4,6,9,16H,1,3,5,7-8,15H2. The molecule has 0 saturated carbocycles. The lowest BCUT2D eigenvalue weighted by atomic mass is 9.96. The van der Waals surface area contributed by atoms with Crippen LogP contribution >= 0.6 is 11.6 Å². The number of nitrogens with one attached hydrogen (secondary N) is 1. The van der Waals surface area contributed by atoms with Gasteiger partial charge in [-0.25, -0.2) is 4.98 Å². The van der Waals surface area contributed by atoms with Crippen molar-refractivity contribution in [2.24, 2.45) is 5.92 Å². The molecule has 3 heterocycles. The van der Waals surface area contributed by atoms with E-state index in [2.05, 4.69) is 10.3 Å². The molecule has 0 radical (unpaired) electrons. The zero-order chi connectivity index (χ0) is 12.5. The maximum atomic E-state index is 6.17. The molecule has 0 aromatic carbocycles. The molecule has 2 aromatic rings. The van der Waals surface area contributed by atoms with E-state index in [-0.39, 0.29) is 0 Å². The Morgan fingerprint density at radius 3 is 3.22 bits per heavy atom. The second-order valence-corrected chi connectivity index (χ2v) is 5.28. The van der Waals surface area contributed by atoms with Crippen LogP contribution in [0.5, 0.6) is 0 Å². The summed E-state index contributed by atoms with van der Waals surface area (Å²) >= 11 is 6.17. The largest absolute Gasteiger partial charge is 0.397 e. The van der Waals surface area contributed by atoms with Crippen molar-refractivity contribution in [3.8, 4) is 0 Å². The Balaban J connectivity index is 1.94. The molecular weight excluding hydrogens is 248 g/mol. The van der Waals surface area contributed by atoms with Crippen LogP contribution < -0.4 is 11.1 Å². The van der Waals surface area contributed by atoms with E-state index in [9.17, 15) is 0 Å². The Morgan fingerprint density at radius 1 is 1.56 bits per heavy atom. The van der Waals surface area contributed by atoms with E-state index >= 15 is 0 Å². The molecule has 1 aliphatic rings. The zero-order valence-electron chi connectivity index (χ0n) is 10.2. The molecule has 1 fully saturated rings. The molecule has 5 heteroatoms. The molecule has 3 N–H and O–H groups in total. The van der Waals surface area contributed by atoms with Crippen LogP contribution in [0.4, 0.5) is 5.69 Å². The lowest BCUT2D eigenvalue weighted by Crippen LogP contribution is -2.31. The number of rotatable bonds is 2. The number of fused-ring (bicyclic) bond motifs is 1. The summed E-state index contributed by atoms with van der Waals surface area (Å²) in [4.78, 5) is 4.47. The number of nitrogens with two attached hydrogens (primary N) is 1. The fraction of sp³-hybridized carbons (Fsp3) is 0.462. The summed E-state index contributed by atoms with van der Waals surface area (Å²) in [5, 5.41) is 3.93. The van der Waals surface area contributed by atoms with Gasteiger partial charge in [0.1, 0.15) is 11.3 Å². The van der Waals surface area contributed by atoms with Gasteiger partial charge >= 0.3 is 0 Å². The number of pyridine rings is 1. The molecule has 18 heavy (non-hydrogen) atoms. The Bertz CT molecular complexity index is 557. The van der Waals surface area contributed by atoms with E-state index in [1.54, 1.807) is 0 Å². The summed E-state index contributed by atoms with van der Waals surface area (Å²) in [5.74, 6) is 1.65. The first-order chi connectivity index (χ1) is 8.75. The summed E-state index contributed by atoms with van der Waals surface area (Å²) < 4.78 is 2.02. The van der Waals surface area contributed by atoms with Crippen LogP contribution in [0, 0.1) is 5.92 Å². The van der Waals surface area contributed by atoms with Crippen LogP contribution in [0.3, 0.4) is 0 Å². The number of piperidine rings is 1. The first kappa shape index (κ1) is 11.8. The van der Waals surface area contributed by atoms with Crippen LogP contribution in [-0.4, -0.2) is 22.5 Å². The average Bonchev–Trinajstić information content (AvgIpc) is 2.69. The lowest BCUT2D eigenvalue weighted by Gasteiger charge is -2.21. The highest BCUT2D eigenvalue weighted by molar-refractivity contribution is 6.33. The van der Waals surface area contributed by atoms with Crippen LogP contribution in [0.15, 0.2) is 18.3 Å². The lowest BCUT2D eigenvalue weighted by molar-refractivity contribution is 0.370. The molecule has 1 aliphatic heterocycles. The van der Waals surface area contributed by atoms with Gasteiger partial charge < -0.3 is 15.5 Å². The summed E-state index contributed by atoms with van der Waals surface area (Å²) in [6, 6.07) is 3.79. The third-order valence-electron chi connectivity index (χ3n) is 3.60. The average molecular weight is 265 g/mol. The Hall–Kier alpha value is -1.26. The van der Waals surface area contributed by atoms with E-state index in [0.29, 0.717) is 16.8 Å². The highest BCUT2D eigenvalue weighted by Gasteiger charge is 2.18. The van der Waals surface area contributed by atoms with Crippen molar-refractivity contribution in [3.63, 3.8) is 0 Å². The van der Waals surface area contributed by atoms with Crippen LogP contribution in [0.1, 0.15) is 18.7 Å². The molecule has 0 aliphatic carbocycles. The summed E-state index contributed by atoms with van der Waals surface area (Å²) in [6.45, 7) is 2.20. The zero-order valence-corrected chi connectivity index (χ0v) is 11.0. The van der Waals surface area contributed by atoms with Crippen molar-refractivity contribution >= 4 is 22.8 Å². The van der Waals surface area contributed by atoms with Crippen LogP contribution in [0.2, 0.25) is 5.15 Å². The minimum Gasteiger partial charge on any atom is -0.397 e. The summed E-state index contributed by atoms with van der Waals surface area (Å²) in [7, 11) is 0. The minimum atomic E-state index is 0.506. The van der Waals surface area contributed by atoms with Gasteiger partial charge in [-0.3, -0.25) is 0 Å². The molecule has 4 nitrogen and oxygen atoms in total. The maximum Gasteiger partial charge on any atom is 0.157 e. The van der Waals surface area contributed by atoms with Crippen molar-refractivity contribution in [2.75, 3.05) is 18.8 Å². The Labute approximate surface area is 111 Å². The smallest absolute Gasteiger partial charge is 0.157 e. The van der Waals surface area contributed by atoms with Crippen molar-refractivity contribution in [2.45, 2.75) is 19.3 Å². The molecule has 0 bridgehead atoms. The number of nitrogens with zero attached hydrogens (tertiary/aromatic N) is 2. The third-order valence-corrected chi connectivity index (χ3v) is 3.86. The number of anilines is 1. The van der Waals surface area contributed by atoms with Gasteiger partial charge in [0, 0.05) is 12.6 Å². The third kappa shape index (κ3) is 2.06. The number of aromatic nitrogens is 2. The topological polar surface area (TPSA) is 55.4 Å². The molecule has 0 amide bonds. The SMILES string of the molecule is Nc1cccn2c(CC3CCCNC3)nc(Cl)c12. The fourth-order valence-corrected chi connectivity index (χ4v) is 2.98. The fourth-order valence-electron chi connectivity index (χ4n) is 2.68.